The van der Waals surface area contributed by atoms with Crippen LogP contribution in [0.2, 0.25) is 5.02 Å². The van der Waals surface area contributed by atoms with Gasteiger partial charge in [0.25, 0.3) is 0 Å². The molecule has 7 heteroatoms. The highest BCUT2D eigenvalue weighted by molar-refractivity contribution is 7.89. The Kier molecular flexibility index (Phi) is 4.62. The second-order valence-electron chi connectivity index (χ2n) is 5.82. The fourth-order valence-electron chi connectivity index (χ4n) is 2.66. The molecule has 1 heterocycles. The zero-order valence-corrected chi connectivity index (χ0v) is 14.6. The second kappa shape index (κ2) is 6.55. The SMILES string of the molecule is Cc1ccc(N2C[C@H](NS(=O)(=O)c3ccc(Cl)cc3)CC2=O)cc1. The van der Waals surface area contributed by atoms with Gasteiger partial charge in [-0.2, -0.15) is 0 Å². The Morgan fingerprint density at radius 2 is 1.71 bits per heavy atom. The summed E-state index contributed by atoms with van der Waals surface area (Å²) in [6, 6.07) is 13.1. The zero-order chi connectivity index (χ0) is 17.3. The molecule has 2 aromatic carbocycles. The maximum Gasteiger partial charge on any atom is 0.240 e. The van der Waals surface area contributed by atoms with Crippen molar-refractivity contribution in [2.45, 2.75) is 24.3 Å². The highest BCUT2D eigenvalue weighted by atomic mass is 35.5. The molecular weight excluding hydrogens is 348 g/mol. The molecule has 1 fully saturated rings. The number of aryl methyl sites for hydroxylation is 1. The fourth-order valence-corrected chi connectivity index (χ4v) is 4.02. The van der Waals surface area contributed by atoms with E-state index in [1.54, 1.807) is 4.90 Å². The lowest BCUT2D eigenvalue weighted by Crippen LogP contribution is -2.37. The average Bonchev–Trinajstić information content (AvgIpc) is 2.88. The highest BCUT2D eigenvalue weighted by Gasteiger charge is 2.33. The van der Waals surface area contributed by atoms with Crippen molar-refractivity contribution >= 4 is 33.2 Å². The predicted octanol–water partition coefficient (Wildman–Crippen LogP) is 2.73. The third kappa shape index (κ3) is 3.61. The van der Waals surface area contributed by atoms with Crippen molar-refractivity contribution in [2.24, 2.45) is 0 Å². The lowest BCUT2D eigenvalue weighted by Gasteiger charge is -2.17. The number of anilines is 1. The minimum Gasteiger partial charge on any atom is -0.311 e. The number of benzene rings is 2. The van der Waals surface area contributed by atoms with Crippen LogP contribution in [0, 0.1) is 6.92 Å². The molecule has 0 radical (unpaired) electrons. The first-order chi connectivity index (χ1) is 11.3. The molecular formula is C17H17ClN2O3S. The van der Waals surface area contributed by atoms with Crippen molar-refractivity contribution in [3.8, 4) is 0 Å². The number of amides is 1. The summed E-state index contributed by atoms with van der Waals surface area (Å²) in [5, 5.41) is 0.468. The van der Waals surface area contributed by atoms with Crippen molar-refractivity contribution in [3.63, 3.8) is 0 Å². The van der Waals surface area contributed by atoms with E-state index in [2.05, 4.69) is 4.72 Å². The van der Waals surface area contributed by atoms with Crippen LogP contribution in [0.4, 0.5) is 5.69 Å². The summed E-state index contributed by atoms with van der Waals surface area (Å²) in [6.45, 7) is 2.29. The van der Waals surface area contributed by atoms with E-state index in [0.717, 1.165) is 11.3 Å². The van der Waals surface area contributed by atoms with Crippen LogP contribution in [0.1, 0.15) is 12.0 Å². The number of rotatable bonds is 4. The van der Waals surface area contributed by atoms with Crippen LogP contribution in [0.25, 0.3) is 0 Å². The van der Waals surface area contributed by atoms with Gasteiger partial charge in [-0.3, -0.25) is 4.79 Å². The molecule has 24 heavy (non-hydrogen) atoms. The van der Waals surface area contributed by atoms with Crippen LogP contribution in [0.3, 0.4) is 0 Å². The molecule has 0 aromatic heterocycles. The zero-order valence-electron chi connectivity index (χ0n) is 13.1. The van der Waals surface area contributed by atoms with Crippen LogP contribution in [0.15, 0.2) is 53.4 Å². The topological polar surface area (TPSA) is 66.5 Å². The Hall–Kier alpha value is -1.89. The van der Waals surface area contributed by atoms with Gasteiger partial charge >= 0.3 is 0 Å². The number of sulfonamides is 1. The molecule has 0 saturated carbocycles. The molecule has 1 aliphatic heterocycles. The molecule has 3 rings (SSSR count). The summed E-state index contributed by atoms with van der Waals surface area (Å²) in [5.41, 5.74) is 1.88. The summed E-state index contributed by atoms with van der Waals surface area (Å²) >= 11 is 5.78. The van der Waals surface area contributed by atoms with E-state index in [0.29, 0.717) is 11.6 Å². The van der Waals surface area contributed by atoms with Crippen LogP contribution in [-0.4, -0.2) is 26.9 Å². The van der Waals surface area contributed by atoms with Crippen LogP contribution >= 0.6 is 11.6 Å². The second-order valence-corrected chi connectivity index (χ2v) is 7.97. The van der Waals surface area contributed by atoms with E-state index in [1.165, 1.54) is 24.3 Å². The van der Waals surface area contributed by atoms with Gasteiger partial charge in [-0.15, -0.1) is 0 Å². The highest BCUT2D eigenvalue weighted by Crippen LogP contribution is 2.23. The molecule has 0 unspecified atom stereocenters. The van der Waals surface area contributed by atoms with E-state index < -0.39 is 16.1 Å². The molecule has 126 valence electrons. The summed E-state index contributed by atoms with van der Waals surface area (Å²) < 4.78 is 27.4. The normalized spacial score (nSPS) is 18.2. The van der Waals surface area contributed by atoms with Crippen molar-refractivity contribution in [3.05, 3.63) is 59.1 Å². The maximum absolute atomic E-state index is 12.4. The van der Waals surface area contributed by atoms with Crippen LogP contribution < -0.4 is 9.62 Å². The Labute approximate surface area is 146 Å². The minimum atomic E-state index is -3.68. The Bertz CT molecular complexity index is 848. The molecule has 0 bridgehead atoms. The standard InChI is InChI=1S/C17H17ClN2O3S/c1-12-2-6-15(7-3-12)20-11-14(10-17(20)21)19-24(22,23)16-8-4-13(18)5-9-16/h2-9,14,19H,10-11H2,1H3/t14-/m1/s1. The monoisotopic (exact) mass is 364 g/mol. The lowest BCUT2D eigenvalue weighted by molar-refractivity contribution is -0.117. The molecule has 1 saturated heterocycles. The van der Waals surface area contributed by atoms with Gasteiger partial charge in [0.05, 0.1) is 4.90 Å². The lowest BCUT2D eigenvalue weighted by atomic mass is 10.2. The number of halogens is 1. The maximum atomic E-state index is 12.4. The summed E-state index contributed by atoms with van der Waals surface area (Å²) in [5.74, 6) is -0.0948. The molecule has 0 aliphatic carbocycles. The molecule has 1 N–H and O–H groups in total. The van der Waals surface area contributed by atoms with Crippen LogP contribution in [-0.2, 0) is 14.8 Å². The number of carbonyl (C=O) groups excluding carboxylic acids is 1. The summed E-state index contributed by atoms with van der Waals surface area (Å²) in [4.78, 5) is 13.9. The Balaban J connectivity index is 1.74. The van der Waals surface area contributed by atoms with E-state index in [-0.39, 0.29) is 17.2 Å². The molecule has 1 aliphatic rings. The van der Waals surface area contributed by atoms with E-state index in [9.17, 15) is 13.2 Å². The van der Waals surface area contributed by atoms with Gasteiger partial charge in [-0.25, -0.2) is 13.1 Å². The van der Waals surface area contributed by atoms with Gasteiger partial charge in [-0.1, -0.05) is 29.3 Å². The van der Waals surface area contributed by atoms with Gasteiger partial charge in [0, 0.05) is 29.7 Å². The van der Waals surface area contributed by atoms with Gasteiger partial charge in [0.2, 0.25) is 15.9 Å². The van der Waals surface area contributed by atoms with Crippen molar-refractivity contribution in [2.75, 3.05) is 11.4 Å². The molecule has 2 aromatic rings. The number of nitrogens with one attached hydrogen (secondary N) is 1. The number of hydrogen-bond acceptors (Lipinski definition) is 3. The smallest absolute Gasteiger partial charge is 0.240 e. The molecule has 1 amide bonds. The van der Waals surface area contributed by atoms with Crippen molar-refractivity contribution in [1.82, 2.24) is 4.72 Å². The molecule has 5 nitrogen and oxygen atoms in total. The minimum absolute atomic E-state index is 0.0948. The van der Waals surface area contributed by atoms with E-state index >= 15 is 0 Å². The van der Waals surface area contributed by atoms with Crippen molar-refractivity contribution in [1.29, 1.82) is 0 Å². The predicted molar refractivity (Wildman–Crippen MR) is 93.7 cm³/mol. The molecule has 1 atom stereocenters. The first-order valence-electron chi connectivity index (χ1n) is 7.50. The number of hydrogen-bond donors (Lipinski definition) is 1. The third-order valence-electron chi connectivity index (χ3n) is 3.92. The quantitative estimate of drug-likeness (QED) is 0.907. The fraction of sp³-hybridized carbons (Fsp3) is 0.235. The van der Waals surface area contributed by atoms with E-state index in [1.807, 2.05) is 31.2 Å². The van der Waals surface area contributed by atoms with Crippen molar-refractivity contribution < 1.29 is 13.2 Å². The first-order valence-corrected chi connectivity index (χ1v) is 9.36. The first kappa shape index (κ1) is 17.0. The van der Waals surface area contributed by atoms with Gasteiger partial charge in [-0.05, 0) is 43.3 Å². The number of carbonyl (C=O) groups is 1. The van der Waals surface area contributed by atoms with E-state index in [4.69, 9.17) is 11.6 Å². The Morgan fingerprint density at radius 3 is 2.33 bits per heavy atom. The number of nitrogens with zero attached hydrogens (tertiary/aromatic N) is 1. The summed E-state index contributed by atoms with van der Waals surface area (Å²) in [6.07, 6.45) is 0.140. The van der Waals surface area contributed by atoms with Gasteiger partial charge < -0.3 is 4.90 Å². The Morgan fingerprint density at radius 1 is 1.08 bits per heavy atom. The average molecular weight is 365 g/mol. The summed E-state index contributed by atoms with van der Waals surface area (Å²) in [7, 11) is -3.68. The third-order valence-corrected chi connectivity index (χ3v) is 5.70. The van der Waals surface area contributed by atoms with Gasteiger partial charge in [0.1, 0.15) is 0 Å². The molecule has 0 spiro atoms. The van der Waals surface area contributed by atoms with Gasteiger partial charge in [0.15, 0.2) is 0 Å². The largest absolute Gasteiger partial charge is 0.311 e. The van der Waals surface area contributed by atoms with Crippen LogP contribution in [0.5, 0.6) is 0 Å².